The van der Waals surface area contributed by atoms with Crippen molar-refractivity contribution in [3.05, 3.63) is 0 Å². The maximum atomic E-state index is 11.5. The summed E-state index contributed by atoms with van der Waals surface area (Å²) >= 11 is 0. The monoisotopic (exact) mass is 351 g/mol. The minimum absolute atomic E-state index is 0.0799. The number of nitrogens with one attached hydrogen (secondary N) is 1. The number of piperazine rings is 1. The summed E-state index contributed by atoms with van der Waals surface area (Å²) in [6, 6.07) is 0. The van der Waals surface area contributed by atoms with Gasteiger partial charge in [-0.3, -0.25) is 14.7 Å². The molecule has 1 unspecified atom stereocenters. The fraction of sp³-hybridized carbons (Fsp3) is 0.895. The van der Waals surface area contributed by atoms with Crippen LogP contribution < -0.4 is 5.32 Å². The Morgan fingerprint density at radius 3 is 2.36 bits per heavy atom. The first kappa shape index (κ1) is 20.0. The molecular weight excluding hydrogens is 314 g/mol. The third-order valence-electron chi connectivity index (χ3n) is 5.49. The Kier molecular flexibility index (Phi) is 7.11. The number of amides is 1. The van der Waals surface area contributed by atoms with Crippen LogP contribution in [0.2, 0.25) is 0 Å². The Hall–Kier alpha value is -1.30. The molecule has 2 saturated heterocycles. The number of rotatable bonds is 4. The average Bonchev–Trinajstić information content (AvgIpc) is 2.58. The third-order valence-corrected chi connectivity index (χ3v) is 5.49. The molecule has 6 heteroatoms. The highest BCUT2D eigenvalue weighted by Gasteiger charge is 2.30. The third kappa shape index (κ3) is 5.59. The normalized spacial score (nSPS) is 23.7. The smallest absolute Gasteiger partial charge is 0.219 e. The van der Waals surface area contributed by atoms with Gasteiger partial charge in [0.05, 0.1) is 6.54 Å². The highest BCUT2D eigenvalue weighted by molar-refractivity contribution is 5.80. The fourth-order valence-electron chi connectivity index (χ4n) is 3.77. The molecule has 0 radical (unpaired) electrons. The van der Waals surface area contributed by atoms with Gasteiger partial charge in [-0.25, -0.2) is 0 Å². The number of likely N-dealkylation sites (tertiary alicyclic amines) is 1. The van der Waals surface area contributed by atoms with Gasteiger partial charge in [0.15, 0.2) is 5.96 Å². The Morgan fingerprint density at radius 2 is 1.80 bits per heavy atom. The first-order chi connectivity index (χ1) is 11.8. The molecule has 2 rings (SSSR count). The highest BCUT2D eigenvalue weighted by atomic mass is 16.2. The molecule has 2 aliphatic heterocycles. The lowest BCUT2D eigenvalue weighted by molar-refractivity contribution is -0.130. The maximum absolute atomic E-state index is 11.5. The first-order valence-corrected chi connectivity index (χ1v) is 9.87. The lowest BCUT2D eigenvalue weighted by Gasteiger charge is -2.42. The van der Waals surface area contributed by atoms with Crippen molar-refractivity contribution in [1.29, 1.82) is 0 Å². The Labute approximate surface area is 153 Å². The minimum atomic E-state index is 0.0799. The molecule has 2 fully saturated rings. The SMILES string of the molecule is CCNC(=NCC(C)(C)N1CCCC(C)C1)N1CCN(C(C)=O)CC1. The second-order valence-corrected chi connectivity index (χ2v) is 8.17. The first-order valence-electron chi connectivity index (χ1n) is 9.87. The van der Waals surface area contributed by atoms with Crippen molar-refractivity contribution in [2.75, 3.05) is 52.4 Å². The molecule has 2 aliphatic rings. The zero-order valence-corrected chi connectivity index (χ0v) is 16.8. The van der Waals surface area contributed by atoms with Crippen molar-refractivity contribution >= 4 is 11.9 Å². The van der Waals surface area contributed by atoms with Crippen molar-refractivity contribution in [2.24, 2.45) is 10.9 Å². The van der Waals surface area contributed by atoms with Gasteiger partial charge < -0.3 is 15.1 Å². The second kappa shape index (κ2) is 8.88. The van der Waals surface area contributed by atoms with E-state index in [0.29, 0.717) is 0 Å². The van der Waals surface area contributed by atoms with E-state index in [4.69, 9.17) is 4.99 Å². The zero-order chi connectivity index (χ0) is 18.4. The molecule has 0 spiro atoms. The van der Waals surface area contributed by atoms with E-state index >= 15 is 0 Å². The largest absolute Gasteiger partial charge is 0.357 e. The summed E-state index contributed by atoms with van der Waals surface area (Å²) < 4.78 is 0. The van der Waals surface area contributed by atoms with Gasteiger partial charge in [0, 0.05) is 51.7 Å². The minimum Gasteiger partial charge on any atom is -0.357 e. The lowest BCUT2D eigenvalue weighted by Crippen LogP contribution is -2.54. The zero-order valence-electron chi connectivity index (χ0n) is 16.8. The van der Waals surface area contributed by atoms with Crippen LogP contribution in [0, 0.1) is 5.92 Å². The van der Waals surface area contributed by atoms with Gasteiger partial charge in [-0.2, -0.15) is 0 Å². The summed E-state index contributed by atoms with van der Waals surface area (Å²) in [4.78, 5) is 23.3. The van der Waals surface area contributed by atoms with E-state index < -0.39 is 0 Å². The van der Waals surface area contributed by atoms with E-state index in [1.54, 1.807) is 6.92 Å². The van der Waals surface area contributed by atoms with Crippen molar-refractivity contribution < 1.29 is 4.79 Å². The van der Waals surface area contributed by atoms with Crippen LogP contribution in [0.4, 0.5) is 0 Å². The molecule has 144 valence electrons. The predicted molar refractivity (Wildman–Crippen MR) is 104 cm³/mol. The number of hydrogen-bond donors (Lipinski definition) is 1. The number of piperidine rings is 1. The van der Waals surface area contributed by atoms with Gasteiger partial charge in [-0.15, -0.1) is 0 Å². The molecule has 2 heterocycles. The number of carbonyl (C=O) groups excluding carboxylic acids is 1. The van der Waals surface area contributed by atoms with E-state index in [2.05, 4.69) is 42.8 Å². The van der Waals surface area contributed by atoms with Crippen LogP contribution in [-0.2, 0) is 4.79 Å². The van der Waals surface area contributed by atoms with Crippen molar-refractivity contribution in [2.45, 2.75) is 53.0 Å². The topological polar surface area (TPSA) is 51.2 Å². The molecule has 0 aliphatic carbocycles. The molecule has 0 bridgehead atoms. The van der Waals surface area contributed by atoms with E-state index in [1.807, 2.05) is 4.90 Å². The van der Waals surface area contributed by atoms with Crippen LogP contribution in [0.5, 0.6) is 0 Å². The van der Waals surface area contributed by atoms with E-state index in [9.17, 15) is 4.79 Å². The molecule has 6 nitrogen and oxygen atoms in total. The number of nitrogens with zero attached hydrogens (tertiary/aromatic N) is 4. The van der Waals surface area contributed by atoms with Crippen LogP contribution in [0.15, 0.2) is 4.99 Å². The highest BCUT2D eigenvalue weighted by Crippen LogP contribution is 2.24. The van der Waals surface area contributed by atoms with Gasteiger partial charge in [0.1, 0.15) is 0 Å². The van der Waals surface area contributed by atoms with Crippen LogP contribution in [-0.4, -0.2) is 84.5 Å². The molecule has 1 N–H and O–H groups in total. The summed E-state index contributed by atoms with van der Waals surface area (Å²) in [5, 5.41) is 3.43. The lowest BCUT2D eigenvalue weighted by atomic mass is 9.94. The van der Waals surface area contributed by atoms with Gasteiger partial charge in [0.25, 0.3) is 0 Å². The molecule has 0 saturated carbocycles. The summed E-state index contributed by atoms with van der Waals surface area (Å²) in [5.41, 5.74) is 0.0799. The van der Waals surface area contributed by atoms with E-state index in [0.717, 1.165) is 51.1 Å². The molecule has 1 atom stereocenters. The Bertz CT molecular complexity index is 468. The summed E-state index contributed by atoms with van der Waals surface area (Å²) in [5.74, 6) is 1.94. The molecule has 25 heavy (non-hydrogen) atoms. The maximum Gasteiger partial charge on any atom is 0.219 e. The van der Waals surface area contributed by atoms with Crippen molar-refractivity contribution in [3.63, 3.8) is 0 Å². The van der Waals surface area contributed by atoms with Crippen LogP contribution in [0.3, 0.4) is 0 Å². The Morgan fingerprint density at radius 1 is 1.16 bits per heavy atom. The number of carbonyl (C=O) groups is 1. The quantitative estimate of drug-likeness (QED) is 0.618. The second-order valence-electron chi connectivity index (χ2n) is 8.17. The number of guanidine groups is 1. The molecule has 1 amide bonds. The fourth-order valence-corrected chi connectivity index (χ4v) is 3.77. The van der Waals surface area contributed by atoms with Gasteiger partial charge >= 0.3 is 0 Å². The molecule has 0 aromatic rings. The predicted octanol–water partition coefficient (Wildman–Crippen LogP) is 1.63. The molecular formula is C19H37N5O. The van der Waals surface area contributed by atoms with Crippen LogP contribution in [0.25, 0.3) is 0 Å². The van der Waals surface area contributed by atoms with Crippen molar-refractivity contribution in [3.8, 4) is 0 Å². The summed E-state index contributed by atoms with van der Waals surface area (Å²) in [6.45, 7) is 18.0. The summed E-state index contributed by atoms with van der Waals surface area (Å²) in [7, 11) is 0. The molecule has 0 aromatic carbocycles. The summed E-state index contributed by atoms with van der Waals surface area (Å²) in [6.07, 6.45) is 2.64. The van der Waals surface area contributed by atoms with E-state index in [1.165, 1.54) is 25.9 Å². The van der Waals surface area contributed by atoms with Gasteiger partial charge in [-0.05, 0) is 46.1 Å². The van der Waals surface area contributed by atoms with Crippen LogP contribution in [0.1, 0.15) is 47.5 Å². The Balaban J connectivity index is 1.97. The number of aliphatic imine (C=N–C) groups is 1. The van der Waals surface area contributed by atoms with E-state index in [-0.39, 0.29) is 11.4 Å². The number of hydrogen-bond acceptors (Lipinski definition) is 3. The van der Waals surface area contributed by atoms with Crippen molar-refractivity contribution in [1.82, 2.24) is 20.0 Å². The van der Waals surface area contributed by atoms with Gasteiger partial charge in [-0.1, -0.05) is 6.92 Å². The van der Waals surface area contributed by atoms with Crippen LogP contribution >= 0.6 is 0 Å². The van der Waals surface area contributed by atoms with Gasteiger partial charge in [0.2, 0.25) is 5.91 Å². The molecule has 0 aromatic heterocycles. The standard InChI is InChI=1S/C19H37N5O/c1-6-20-18(23-12-10-22(11-13-23)17(3)25)21-15-19(4,5)24-9-7-8-16(2)14-24/h16H,6-15H2,1-5H3,(H,20,21). The average molecular weight is 352 g/mol.